The lowest BCUT2D eigenvalue weighted by Gasteiger charge is -2.21. The first-order chi connectivity index (χ1) is 10.2. The van der Waals surface area contributed by atoms with Gasteiger partial charge in [0.25, 0.3) is 5.56 Å². The largest absolute Gasteiger partial charge is 0.332 e. The molecule has 0 radical (unpaired) electrons. The second-order valence-electron chi connectivity index (χ2n) is 6.87. The molecular formula is C15H25N5O2. The van der Waals surface area contributed by atoms with Crippen LogP contribution in [0.25, 0.3) is 11.2 Å². The Morgan fingerprint density at radius 2 is 1.91 bits per heavy atom. The van der Waals surface area contributed by atoms with Gasteiger partial charge in [0.05, 0.1) is 6.33 Å². The summed E-state index contributed by atoms with van der Waals surface area (Å²) in [5.41, 5.74) is 5.62. The summed E-state index contributed by atoms with van der Waals surface area (Å²) in [6.45, 7) is 10.9. The maximum atomic E-state index is 12.7. The van der Waals surface area contributed by atoms with Gasteiger partial charge in [-0.15, -0.1) is 0 Å². The monoisotopic (exact) mass is 307 g/mol. The Kier molecular flexibility index (Phi) is 4.28. The molecule has 2 N–H and O–H groups in total. The van der Waals surface area contributed by atoms with Crippen LogP contribution in [0.5, 0.6) is 0 Å². The molecule has 2 aromatic heterocycles. The van der Waals surface area contributed by atoms with Crippen LogP contribution >= 0.6 is 0 Å². The quantitative estimate of drug-likeness (QED) is 0.884. The Labute approximate surface area is 129 Å². The highest BCUT2D eigenvalue weighted by atomic mass is 16.2. The highest BCUT2D eigenvalue weighted by Gasteiger charge is 2.21. The minimum absolute atomic E-state index is 0.174. The maximum absolute atomic E-state index is 12.7. The first-order valence-electron chi connectivity index (χ1n) is 7.63. The number of hydrogen-bond acceptors (Lipinski definition) is 4. The molecule has 0 bridgehead atoms. The number of imidazole rings is 1. The zero-order valence-corrected chi connectivity index (χ0v) is 14.0. The van der Waals surface area contributed by atoms with Crippen LogP contribution in [0.2, 0.25) is 0 Å². The molecule has 0 fully saturated rings. The van der Waals surface area contributed by atoms with Gasteiger partial charge in [-0.3, -0.25) is 13.9 Å². The van der Waals surface area contributed by atoms with Gasteiger partial charge in [0, 0.05) is 25.2 Å². The van der Waals surface area contributed by atoms with E-state index in [0.29, 0.717) is 24.3 Å². The van der Waals surface area contributed by atoms with Crippen molar-refractivity contribution >= 4 is 11.2 Å². The van der Waals surface area contributed by atoms with Gasteiger partial charge in [0.15, 0.2) is 11.2 Å². The maximum Gasteiger partial charge on any atom is 0.332 e. The van der Waals surface area contributed by atoms with Crippen LogP contribution in [0.4, 0.5) is 0 Å². The first-order valence-corrected chi connectivity index (χ1v) is 7.63. The minimum Gasteiger partial charge on any atom is -0.325 e. The number of rotatable bonds is 5. The van der Waals surface area contributed by atoms with Crippen LogP contribution in [0.15, 0.2) is 15.9 Å². The van der Waals surface area contributed by atoms with Crippen LogP contribution in [0, 0.1) is 5.92 Å². The van der Waals surface area contributed by atoms with Gasteiger partial charge >= 0.3 is 5.69 Å². The van der Waals surface area contributed by atoms with E-state index in [4.69, 9.17) is 5.73 Å². The van der Waals surface area contributed by atoms with Gasteiger partial charge in [0.1, 0.15) is 0 Å². The molecule has 122 valence electrons. The number of nitrogens with two attached hydrogens (primary N) is 1. The van der Waals surface area contributed by atoms with Gasteiger partial charge in [-0.05, 0) is 26.7 Å². The highest BCUT2D eigenvalue weighted by Crippen LogP contribution is 2.09. The number of aromatic nitrogens is 4. The van der Waals surface area contributed by atoms with Crippen LogP contribution in [0.1, 0.15) is 34.6 Å². The Hall–Kier alpha value is -1.89. The van der Waals surface area contributed by atoms with E-state index >= 15 is 0 Å². The summed E-state index contributed by atoms with van der Waals surface area (Å²) < 4.78 is 4.59. The van der Waals surface area contributed by atoms with Crippen molar-refractivity contribution in [2.45, 2.75) is 59.8 Å². The van der Waals surface area contributed by atoms with Gasteiger partial charge in [0.2, 0.25) is 0 Å². The molecule has 2 heterocycles. The van der Waals surface area contributed by atoms with E-state index in [1.54, 1.807) is 29.3 Å². The summed E-state index contributed by atoms with van der Waals surface area (Å²) in [7, 11) is 0. The normalized spacial score (nSPS) is 12.5. The third-order valence-corrected chi connectivity index (χ3v) is 3.44. The van der Waals surface area contributed by atoms with Crippen LogP contribution in [0.3, 0.4) is 0 Å². The lowest BCUT2D eigenvalue weighted by atomic mass is 10.1. The predicted molar refractivity (Wildman–Crippen MR) is 87.0 cm³/mol. The van der Waals surface area contributed by atoms with E-state index < -0.39 is 5.54 Å². The number of nitrogens with zero attached hydrogens (tertiary/aromatic N) is 4. The van der Waals surface area contributed by atoms with Crippen molar-refractivity contribution in [1.82, 2.24) is 18.7 Å². The Morgan fingerprint density at radius 3 is 2.41 bits per heavy atom. The first kappa shape index (κ1) is 16.5. The summed E-state index contributed by atoms with van der Waals surface area (Å²) in [5.74, 6) is 0.268. The van der Waals surface area contributed by atoms with Crippen molar-refractivity contribution in [1.29, 1.82) is 0 Å². The van der Waals surface area contributed by atoms with Gasteiger partial charge < -0.3 is 10.3 Å². The molecule has 2 aromatic rings. The average molecular weight is 307 g/mol. The summed E-state index contributed by atoms with van der Waals surface area (Å²) in [5, 5.41) is 0. The molecule has 0 aliphatic rings. The number of aryl methyl sites for hydroxylation is 1. The summed E-state index contributed by atoms with van der Waals surface area (Å²) in [4.78, 5) is 29.8. The lowest BCUT2D eigenvalue weighted by molar-refractivity contribution is 0.400. The van der Waals surface area contributed by atoms with Crippen LogP contribution in [-0.4, -0.2) is 24.2 Å². The molecule has 0 amide bonds. The predicted octanol–water partition coefficient (Wildman–Crippen LogP) is 0.773. The third kappa shape index (κ3) is 2.99. The second kappa shape index (κ2) is 5.72. The number of fused-ring (bicyclic) bond motifs is 1. The second-order valence-corrected chi connectivity index (χ2v) is 6.87. The van der Waals surface area contributed by atoms with Crippen LogP contribution < -0.4 is 17.0 Å². The molecule has 2 rings (SSSR count). The SMILES string of the molecule is CCn1cnc2c1c(=O)n(CC(C)(C)N)c(=O)n2CC(C)C. The Balaban J connectivity index is 2.84. The topological polar surface area (TPSA) is 87.8 Å². The van der Waals surface area contributed by atoms with E-state index in [9.17, 15) is 9.59 Å². The lowest BCUT2D eigenvalue weighted by Crippen LogP contribution is -2.48. The molecule has 0 aliphatic carbocycles. The number of hydrogen-bond donors (Lipinski definition) is 1. The van der Waals surface area contributed by atoms with Gasteiger partial charge in [-0.25, -0.2) is 9.78 Å². The van der Waals surface area contributed by atoms with Crippen molar-refractivity contribution in [3.63, 3.8) is 0 Å². The molecule has 0 saturated heterocycles. The molecule has 0 aromatic carbocycles. The van der Waals surface area contributed by atoms with Crippen molar-refractivity contribution in [3.8, 4) is 0 Å². The fourth-order valence-electron chi connectivity index (χ4n) is 2.56. The average Bonchev–Trinajstić information content (AvgIpc) is 2.82. The smallest absolute Gasteiger partial charge is 0.325 e. The zero-order valence-electron chi connectivity index (χ0n) is 14.0. The highest BCUT2D eigenvalue weighted by molar-refractivity contribution is 5.70. The third-order valence-electron chi connectivity index (χ3n) is 3.44. The molecule has 7 nitrogen and oxygen atoms in total. The van der Waals surface area contributed by atoms with Gasteiger partial charge in [-0.1, -0.05) is 13.8 Å². The van der Waals surface area contributed by atoms with E-state index in [2.05, 4.69) is 4.98 Å². The van der Waals surface area contributed by atoms with E-state index in [0.717, 1.165) is 0 Å². The van der Waals surface area contributed by atoms with Gasteiger partial charge in [-0.2, -0.15) is 0 Å². The molecule has 22 heavy (non-hydrogen) atoms. The Morgan fingerprint density at radius 1 is 1.27 bits per heavy atom. The van der Waals surface area contributed by atoms with E-state index in [1.165, 1.54) is 4.57 Å². The molecule has 0 aliphatic heterocycles. The van der Waals surface area contributed by atoms with Crippen molar-refractivity contribution in [2.75, 3.05) is 0 Å². The molecule has 7 heteroatoms. The molecule has 0 unspecified atom stereocenters. The summed E-state index contributed by atoms with van der Waals surface area (Å²) in [6, 6.07) is 0. The molecule has 0 atom stereocenters. The fraction of sp³-hybridized carbons (Fsp3) is 0.667. The zero-order chi connectivity index (χ0) is 16.7. The van der Waals surface area contributed by atoms with Crippen molar-refractivity contribution in [3.05, 3.63) is 27.2 Å². The molecular weight excluding hydrogens is 282 g/mol. The summed E-state index contributed by atoms with van der Waals surface area (Å²) >= 11 is 0. The van der Waals surface area contributed by atoms with Crippen molar-refractivity contribution in [2.24, 2.45) is 11.7 Å². The Bertz CT molecular complexity index is 789. The molecule has 0 saturated carbocycles. The standard InChI is InChI=1S/C15H25N5O2/c1-6-18-9-17-12-11(18)13(21)20(8-15(4,5)16)14(22)19(12)7-10(2)3/h9-10H,6-8,16H2,1-5H3. The summed E-state index contributed by atoms with van der Waals surface area (Å²) in [6.07, 6.45) is 1.61. The van der Waals surface area contributed by atoms with E-state index in [-0.39, 0.29) is 23.7 Å². The van der Waals surface area contributed by atoms with Crippen LogP contribution in [-0.2, 0) is 19.6 Å². The van der Waals surface area contributed by atoms with E-state index in [1.807, 2.05) is 20.8 Å². The minimum atomic E-state index is -0.649. The molecule has 0 spiro atoms. The fourth-order valence-corrected chi connectivity index (χ4v) is 2.56. The van der Waals surface area contributed by atoms with Crippen molar-refractivity contribution < 1.29 is 0 Å².